The molecule has 0 fully saturated rings. The fourth-order valence-corrected chi connectivity index (χ4v) is 1.70. The van der Waals surface area contributed by atoms with Gasteiger partial charge < -0.3 is 10.1 Å². The molecule has 6 heteroatoms. The molecule has 0 radical (unpaired) electrons. The van der Waals surface area contributed by atoms with Crippen LogP contribution in [0.2, 0.25) is 0 Å². The van der Waals surface area contributed by atoms with Crippen molar-refractivity contribution in [2.24, 2.45) is 0 Å². The number of aryl methyl sites for hydroxylation is 1. The molecule has 0 aliphatic carbocycles. The van der Waals surface area contributed by atoms with Gasteiger partial charge in [-0.25, -0.2) is 4.98 Å². The van der Waals surface area contributed by atoms with Gasteiger partial charge >= 0.3 is 0 Å². The maximum Gasteiger partial charge on any atom is 0.253 e. The molecule has 0 spiro atoms. The van der Waals surface area contributed by atoms with Gasteiger partial charge in [-0.3, -0.25) is 14.2 Å². The van der Waals surface area contributed by atoms with Crippen LogP contribution in [0.1, 0.15) is 5.56 Å². The Labute approximate surface area is 122 Å². The van der Waals surface area contributed by atoms with Crippen LogP contribution >= 0.6 is 0 Å². The lowest BCUT2D eigenvalue weighted by molar-refractivity contribution is -0.121. The first-order valence-electron chi connectivity index (χ1n) is 6.62. The molecule has 0 aliphatic rings. The van der Waals surface area contributed by atoms with Crippen molar-refractivity contribution >= 4 is 5.91 Å². The Morgan fingerprint density at radius 2 is 2.05 bits per heavy atom. The van der Waals surface area contributed by atoms with Gasteiger partial charge in [-0.05, 0) is 19.1 Å². The molecule has 1 heterocycles. The fourth-order valence-electron chi connectivity index (χ4n) is 1.70. The van der Waals surface area contributed by atoms with Crippen molar-refractivity contribution in [2.75, 3.05) is 13.2 Å². The van der Waals surface area contributed by atoms with Crippen molar-refractivity contribution in [1.29, 1.82) is 0 Å². The third kappa shape index (κ3) is 4.76. The van der Waals surface area contributed by atoms with Gasteiger partial charge in [0.05, 0.1) is 12.9 Å². The number of rotatable bonds is 6. The van der Waals surface area contributed by atoms with E-state index in [4.69, 9.17) is 4.74 Å². The molecule has 110 valence electrons. The molecule has 0 saturated heterocycles. The number of carbonyl (C=O) groups excluding carboxylic acids is 1. The van der Waals surface area contributed by atoms with Crippen molar-refractivity contribution in [3.05, 3.63) is 58.8 Å². The maximum atomic E-state index is 11.7. The molecule has 2 aromatic rings. The molecule has 0 atom stereocenters. The zero-order chi connectivity index (χ0) is 15.1. The summed E-state index contributed by atoms with van der Waals surface area (Å²) >= 11 is 0. The Balaban J connectivity index is 1.71. The van der Waals surface area contributed by atoms with E-state index < -0.39 is 0 Å². The van der Waals surface area contributed by atoms with E-state index in [1.165, 1.54) is 23.2 Å². The Morgan fingerprint density at radius 3 is 2.76 bits per heavy atom. The van der Waals surface area contributed by atoms with E-state index in [9.17, 15) is 9.59 Å². The van der Waals surface area contributed by atoms with Gasteiger partial charge in [-0.2, -0.15) is 0 Å². The number of nitrogens with one attached hydrogen (secondary N) is 1. The molecule has 0 unspecified atom stereocenters. The summed E-state index contributed by atoms with van der Waals surface area (Å²) in [6.07, 6.45) is 2.73. The Bertz CT molecular complexity index is 650. The number of aromatic nitrogens is 2. The monoisotopic (exact) mass is 287 g/mol. The quantitative estimate of drug-likeness (QED) is 0.796. The van der Waals surface area contributed by atoms with Crippen molar-refractivity contribution < 1.29 is 9.53 Å². The summed E-state index contributed by atoms with van der Waals surface area (Å²) in [6, 6.07) is 9.00. The number of ether oxygens (including phenoxy) is 1. The summed E-state index contributed by atoms with van der Waals surface area (Å²) in [4.78, 5) is 26.9. The average molecular weight is 287 g/mol. The molecule has 1 aromatic carbocycles. The molecule has 1 aromatic heterocycles. The number of hydrogen-bond donors (Lipinski definition) is 1. The van der Waals surface area contributed by atoms with Gasteiger partial charge in [0.25, 0.3) is 5.56 Å². The summed E-state index contributed by atoms with van der Waals surface area (Å²) in [6.45, 7) is 2.71. The topological polar surface area (TPSA) is 73.2 Å². The molecule has 1 N–H and O–H groups in total. The predicted octanol–water partition coefficient (Wildman–Crippen LogP) is 0.747. The first-order valence-corrected chi connectivity index (χ1v) is 6.62. The first kappa shape index (κ1) is 14.8. The summed E-state index contributed by atoms with van der Waals surface area (Å²) in [5.41, 5.74) is 0.911. The second-order valence-corrected chi connectivity index (χ2v) is 4.56. The summed E-state index contributed by atoms with van der Waals surface area (Å²) in [5.74, 6) is 0.510. The van der Waals surface area contributed by atoms with E-state index in [1.807, 2.05) is 31.2 Å². The van der Waals surface area contributed by atoms with Crippen molar-refractivity contribution in [3.63, 3.8) is 0 Å². The normalized spacial score (nSPS) is 10.1. The van der Waals surface area contributed by atoms with Crippen LogP contribution in [0.15, 0.2) is 47.7 Å². The smallest absolute Gasteiger partial charge is 0.253 e. The number of benzene rings is 1. The first-order chi connectivity index (χ1) is 10.1. The van der Waals surface area contributed by atoms with Crippen molar-refractivity contribution in [1.82, 2.24) is 14.9 Å². The van der Waals surface area contributed by atoms with Gasteiger partial charge in [0.2, 0.25) is 5.91 Å². The largest absolute Gasteiger partial charge is 0.492 e. The van der Waals surface area contributed by atoms with E-state index in [1.54, 1.807) is 0 Å². The molecule has 6 nitrogen and oxygen atoms in total. The zero-order valence-corrected chi connectivity index (χ0v) is 11.8. The number of carbonyl (C=O) groups is 1. The third-order valence-corrected chi connectivity index (χ3v) is 2.82. The molecule has 0 bridgehead atoms. The second-order valence-electron chi connectivity index (χ2n) is 4.56. The van der Waals surface area contributed by atoms with Crippen LogP contribution in [0.3, 0.4) is 0 Å². The molecule has 21 heavy (non-hydrogen) atoms. The number of nitrogens with zero attached hydrogens (tertiary/aromatic N) is 2. The van der Waals surface area contributed by atoms with Gasteiger partial charge in [0.1, 0.15) is 18.9 Å². The highest BCUT2D eigenvalue weighted by atomic mass is 16.5. The summed E-state index contributed by atoms with van der Waals surface area (Å²) < 4.78 is 6.74. The van der Waals surface area contributed by atoms with E-state index in [-0.39, 0.29) is 18.0 Å². The molecular weight excluding hydrogens is 270 g/mol. The Morgan fingerprint density at radius 1 is 1.29 bits per heavy atom. The second kappa shape index (κ2) is 7.23. The lowest BCUT2D eigenvalue weighted by atomic mass is 10.2. The molecule has 2 rings (SSSR count). The highest BCUT2D eigenvalue weighted by Crippen LogP contribution is 2.10. The SMILES string of the molecule is Cc1ccc(OCCNC(=O)Cn2cnccc2=O)cc1. The van der Waals surface area contributed by atoms with Crippen LogP contribution in [0, 0.1) is 6.92 Å². The number of hydrogen-bond acceptors (Lipinski definition) is 4. The van der Waals surface area contributed by atoms with Crippen LogP contribution in [-0.2, 0) is 11.3 Å². The van der Waals surface area contributed by atoms with Gasteiger partial charge in [-0.1, -0.05) is 17.7 Å². The molecule has 1 amide bonds. The Hall–Kier alpha value is -2.63. The highest BCUT2D eigenvalue weighted by Gasteiger charge is 2.03. The minimum absolute atomic E-state index is 0.0444. The van der Waals surface area contributed by atoms with Crippen LogP contribution in [0.5, 0.6) is 5.75 Å². The maximum absolute atomic E-state index is 11.7. The van der Waals surface area contributed by atoms with Crippen LogP contribution in [0.25, 0.3) is 0 Å². The minimum Gasteiger partial charge on any atom is -0.492 e. The lowest BCUT2D eigenvalue weighted by Gasteiger charge is -2.08. The zero-order valence-electron chi connectivity index (χ0n) is 11.8. The highest BCUT2D eigenvalue weighted by molar-refractivity contribution is 5.75. The third-order valence-electron chi connectivity index (χ3n) is 2.82. The van der Waals surface area contributed by atoms with Crippen molar-refractivity contribution in [3.8, 4) is 5.75 Å². The van der Waals surface area contributed by atoms with Crippen LogP contribution < -0.4 is 15.6 Å². The average Bonchev–Trinajstić information content (AvgIpc) is 2.48. The van der Waals surface area contributed by atoms with E-state index >= 15 is 0 Å². The summed E-state index contributed by atoms with van der Waals surface area (Å²) in [7, 11) is 0. The van der Waals surface area contributed by atoms with E-state index in [0.717, 1.165) is 11.3 Å². The minimum atomic E-state index is -0.254. The molecule has 0 saturated carbocycles. The lowest BCUT2D eigenvalue weighted by Crippen LogP contribution is -2.34. The van der Waals surface area contributed by atoms with Gasteiger partial charge in [0, 0.05) is 12.3 Å². The molecular formula is C15H17N3O3. The van der Waals surface area contributed by atoms with E-state index in [0.29, 0.717) is 13.2 Å². The summed E-state index contributed by atoms with van der Waals surface area (Å²) in [5, 5.41) is 2.69. The van der Waals surface area contributed by atoms with Gasteiger partial charge in [0.15, 0.2) is 0 Å². The predicted molar refractivity (Wildman–Crippen MR) is 78.2 cm³/mol. The van der Waals surface area contributed by atoms with Crippen molar-refractivity contribution in [2.45, 2.75) is 13.5 Å². The van der Waals surface area contributed by atoms with Gasteiger partial charge in [-0.15, -0.1) is 0 Å². The van der Waals surface area contributed by atoms with Crippen LogP contribution in [-0.4, -0.2) is 28.6 Å². The number of amides is 1. The Kier molecular flexibility index (Phi) is 5.09. The van der Waals surface area contributed by atoms with E-state index in [2.05, 4.69) is 10.3 Å². The fraction of sp³-hybridized carbons (Fsp3) is 0.267. The molecule has 0 aliphatic heterocycles. The standard InChI is InChI=1S/C15H17N3O3/c1-12-2-4-13(5-3-12)21-9-8-17-14(19)10-18-11-16-7-6-15(18)20/h2-7,11H,8-10H2,1H3,(H,17,19). The van der Waals surface area contributed by atoms with Crippen LogP contribution in [0.4, 0.5) is 0 Å².